The Labute approximate surface area is 241 Å². The van der Waals surface area contributed by atoms with Gasteiger partial charge in [0.15, 0.2) is 5.12 Å². The maximum Gasteiger partial charge on any atom is 0.169 e. The van der Waals surface area contributed by atoms with Crippen LogP contribution in [0.15, 0.2) is 150 Å². The Morgan fingerprint density at radius 3 is 1.41 bits per heavy atom. The number of rotatable bonds is 5. The molecule has 5 aromatic rings. The van der Waals surface area contributed by atoms with Crippen LogP contribution in [0, 0.1) is 18.9 Å². The van der Waals surface area contributed by atoms with Gasteiger partial charge < -0.3 is 12.8 Å². The van der Waals surface area contributed by atoms with Crippen molar-refractivity contribution in [1.29, 1.82) is 0 Å². The van der Waals surface area contributed by atoms with Crippen LogP contribution in [0.2, 0.25) is 0 Å². The van der Waals surface area contributed by atoms with E-state index in [1.807, 2.05) is 36.4 Å². The molecule has 0 saturated carbocycles. The van der Waals surface area contributed by atoms with E-state index in [0.29, 0.717) is 5.56 Å². The van der Waals surface area contributed by atoms with E-state index in [0.717, 1.165) is 4.90 Å². The van der Waals surface area contributed by atoms with Crippen molar-refractivity contribution in [3.8, 4) is 6.42 Å². The van der Waals surface area contributed by atoms with Crippen molar-refractivity contribution in [1.82, 2.24) is 0 Å². The van der Waals surface area contributed by atoms with E-state index in [9.17, 15) is 4.79 Å². The van der Waals surface area contributed by atoms with Crippen LogP contribution in [-0.2, 0) is 22.4 Å². The molecule has 0 atom stereocenters. The fourth-order valence-corrected chi connectivity index (χ4v) is 6.82. The van der Waals surface area contributed by atoms with E-state index in [4.69, 9.17) is 6.42 Å². The zero-order valence-corrected chi connectivity index (χ0v) is 24.0. The molecule has 0 heterocycles. The maximum absolute atomic E-state index is 11.8. The van der Waals surface area contributed by atoms with E-state index in [2.05, 4.69) is 103 Å². The Morgan fingerprint density at radius 1 is 0.622 bits per heavy atom. The van der Waals surface area contributed by atoms with Crippen LogP contribution in [0.25, 0.3) is 0 Å². The first-order valence-electron chi connectivity index (χ1n) is 11.4. The van der Waals surface area contributed by atoms with Gasteiger partial charge in [-0.15, -0.1) is 0 Å². The van der Waals surface area contributed by atoms with E-state index < -0.39 is 7.92 Å². The van der Waals surface area contributed by atoms with Crippen molar-refractivity contribution >= 4 is 40.7 Å². The predicted molar refractivity (Wildman–Crippen MR) is 157 cm³/mol. The van der Waals surface area contributed by atoms with Crippen molar-refractivity contribution in [2.75, 3.05) is 0 Å². The third-order valence-electron chi connectivity index (χ3n) is 5.08. The number of hydrogen-bond acceptors (Lipinski definition) is 2. The summed E-state index contributed by atoms with van der Waals surface area (Å²) in [4.78, 5) is 12.7. The molecule has 1 nitrogen and oxygen atoms in total. The first kappa shape index (κ1) is 30.1. The molecular weight excluding hydrogens is 672 g/mol. The molecule has 0 spiro atoms. The molecule has 187 valence electrons. The van der Waals surface area contributed by atoms with Gasteiger partial charge in [0.05, 0.1) is 7.92 Å². The first-order chi connectivity index (χ1) is 17.8. The Balaban J connectivity index is 0.000000244. The molecule has 0 aliphatic heterocycles. The van der Waals surface area contributed by atoms with Gasteiger partial charge in [-0.25, -0.2) is 0 Å². The van der Waals surface area contributed by atoms with Crippen molar-refractivity contribution in [3.05, 3.63) is 164 Å². The van der Waals surface area contributed by atoms with Crippen LogP contribution in [0.1, 0.15) is 10.4 Å². The largest absolute Gasteiger partial charge is 0.697 e. The summed E-state index contributed by atoms with van der Waals surface area (Å²) in [7, 11) is -0.877. The Morgan fingerprint density at radius 2 is 1.03 bits per heavy atom. The zero-order chi connectivity index (χ0) is 25.4. The average molecular weight is 699 g/mol. The monoisotopic (exact) mass is 698 g/mol. The molecule has 0 aliphatic carbocycles. The summed E-state index contributed by atoms with van der Waals surface area (Å²) in [6.45, 7) is 0. The molecule has 4 heteroatoms. The molecule has 0 aromatic heterocycles. The second-order valence-electron chi connectivity index (χ2n) is 7.47. The maximum atomic E-state index is 11.8. The molecular formula is C33H26AuOPS-. The second kappa shape index (κ2) is 17.3. The minimum atomic E-state index is -0.877. The smallest absolute Gasteiger partial charge is 0.169 e. The van der Waals surface area contributed by atoms with Crippen LogP contribution in [0.3, 0.4) is 0 Å². The molecule has 5 aromatic carbocycles. The summed E-state index contributed by atoms with van der Waals surface area (Å²) in [5, 5.41) is 4.36. The standard InChI is InChI=1S/C18H15P.C13H9OS.C2H.Au/c1-4-10-16(11-5-1)19(17-12-6-2-7-13-17)18-14-8-3-9-15-18;14-13(11-7-3-1-4-8-11)15-12-9-5-2-6-10-12;1-2;/h1-15H;1-3,5-10H;1H;/q;2*-1;/p+1. The van der Waals surface area contributed by atoms with Gasteiger partial charge in [-0.2, -0.15) is 30.3 Å². The van der Waals surface area contributed by atoms with Gasteiger partial charge in [0.25, 0.3) is 0 Å². The first-order valence-corrected chi connectivity index (χ1v) is 13.7. The Bertz CT molecular complexity index is 1220. The summed E-state index contributed by atoms with van der Waals surface area (Å²) in [5.74, 6) is 0. The van der Waals surface area contributed by atoms with Gasteiger partial charge in [-0.3, -0.25) is 4.79 Å². The summed E-state index contributed by atoms with van der Waals surface area (Å²) in [6.07, 6.45) is 9.00. The third-order valence-corrected chi connectivity index (χ3v) is 8.74. The van der Waals surface area contributed by atoms with Crippen LogP contribution < -0.4 is 15.9 Å². The van der Waals surface area contributed by atoms with E-state index >= 15 is 0 Å². The van der Waals surface area contributed by atoms with Gasteiger partial charge >= 0.3 is 0 Å². The molecule has 1 radical (unpaired) electrons. The van der Waals surface area contributed by atoms with Gasteiger partial charge in [-0.05, 0) is 48.5 Å². The topological polar surface area (TPSA) is 17.1 Å². The van der Waals surface area contributed by atoms with Crippen molar-refractivity contribution in [2.24, 2.45) is 0 Å². The van der Waals surface area contributed by atoms with Gasteiger partial charge in [0.1, 0.15) is 15.9 Å². The fourth-order valence-electron chi connectivity index (χ4n) is 3.49. The van der Waals surface area contributed by atoms with E-state index in [1.165, 1.54) is 27.7 Å². The summed E-state index contributed by atoms with van der Waals surface area (Å²) in [5.41, 5.74) is 0.686. The zero-order valence-electron chi connectivity index (χ0n) is 20.1. The minimum Gasteiger partial charge on any atom is -0.697 e. The fraction of sp³-hybridized carbons (Fsp3) is 0. The van der Waals surface area contributed by atoms with Crippen molar-refractivity contribution < 1.29 is 27.2 Å². The molecule has 0 amide bonds. The normalized spacial score (nSPS) is 9.49. The Kier molecular flexibility index (Phi) is 14.1. The SMILES string of the molecule is O=C(Sc1ccccc1)c1c[c-]ccc1.[Au].[C-]#C.c1ccc([PH+](c2ccccc2)c2ccccc2)cc1. The quantitative estimate of drug-likeness (QED) is 0.0661. The van der Waals surface area contributed by atoms with Crippen LogP contribution >= 0.6 is 19.7 Å². The molecule has 0 saturated heterocycles. The molecule has 37 heavy (non-hydrogen) atoms. The second-order valence-corrected chi connectivity index (χ2v) is 11.0. The molecule has 0 fully saturated rings. The van der Waals surface area contributed by atoms with Gasteiger partial charge in [0, 0.05) is 27.3 Å². The van der Waals surface area contributed by atoms with Crippen molar-refractivity contribution in [2.45, 2.75) is 4.90 Å². The van der Waals surface area contributed by atoms with Gasteiger partial charge in [0.2, 0.25) is 0 Å². The minimum absolute atomic E-state index is 0. The summed E-state index contributed by atoms with van der Waals surface area (Å²) < 4.78 is 0. The third kappa shape index (κ3) is 9.67. The van der Waals surface area contributed by atoms with E-state index in [-0.39, 0.29) is 27.5 Å². The molecule has 0 N–H and O–H groups in total. The number of benzene rings is 5. The molecule has 0 bridgehead atoms. The average Bonchev–Trinajstić information content (AvgIpc) is 2.97. The van der Waals surface area contributed by atoms with Crippen molar-refractivity contribution in [3.63, 3.8) is 0 Å². The van der Waals surface area contributed by atoms with E-state index in [1.54, 1.807) is 18.2 Å². The number of hydrogen-bond donors (Lipinski definition) is 0. The number of carbonyl (C=O) groups is 1. The number of thioether (sulfide) groups is 1. The molecule has 5 rings (SSSR count). The van der Waals surface area contributed by atoms with Crippen LogP contribution in [0.4, 0.5) is 0 Å². The van der Waals surface area contributed by atoms with Crippen LogP contribution in [0.5, 0.6) is 0 Å². The summed E-state index contributed by atoms with van der Waals surface area (Å²) in [6, 6.07) is 52.1. The molecule has 0 unspecified atom stereocenters. The predicted octanol–water partition coefficient (Wildman–Crippen LogP) is 6.80. The van der Waals surface area contributed by atoms with Gasteiger partial charge in [-0.1, -0.05) is 90.1 Å². The van der Waals surface area contributed by atoms with Crippen LogP contribution in [-0.4, -0.2) is 5.12 Å². The number of terminal acetylenes is 1. The number of carbonyl (C=O) groups excluding carboxylic acids is 1. The Hall–Kier alpha value is -3.15. The molecule has 0 aliphatic rings. The summed E-state index contributed by atoms with van der Waals surface area (Å²) >= 11 is 1.24.